The van der Waals surface area contributed by atoms with E-state index in [1.54, 1.807) is 6.07 Å². The van der Waals surface area contributed by atoms with Crippen molar-refractivity contribution in [2.45, 2.75) is 12.8 Å². The maximum atomic E-state index is 11.3. The molecular formula is C15H19N3O4S. The molecule has 0 atom stereocenters. The van der Waals surface area contributed by atoms with Gasteiger partial charge in [-0.25, -0.2) is 4.79 Å². The van der Waals surface area contributed by atoms with Crippen molar-refractivity contribution in [1.29, 1.82) is 0 Å². The van der Waals surface area contributed by atoms with E-state index in [9.17, 15) is 9.90 Å². The molecule has 1 saturated heterocycles. The number of carboxylic acid groups (broad SMARTS) is 1. The summed E-state index contributed by atoms with van der Waals surface area (Å²) in [6.07, 6.45) is 1.90. The summed E-state index contributed by atoms with van der Waals surface area (Å²) in [7, 11) is 0. The lowest BCUT2D eigenvalue weighted by atomic mass is 10.1. The highest BCUT2D eigenvalue weighted by Gasteiger charge is 2.15. The SMILES string of the molecule is O=C(O)c1cc2nsnc2cc1OCCCCN1CCOCC1. The molecule has 1 aliphatic rings. The van der Waals surface area contributed by atoms with E-state index in [4.69, 9.17) is 9.47 Å². The molecular weight excluding hydrogens is 318 g/mol. The number of rotatable bonds is 7. The molecule has 23 heavy (non-hydrogen) atoms. The summed E-state index contributed by atoms with van der Waals surface area (Å²) in [5.41, 5.74) is 1.40. The maximum absolute atomic E-state index is 11.3. The van der Waals surface area contributed by atoms with Crippen LogP contribution in [0.2, 0.25) is 0 Å². The van der Waals surface area contributed by atoms with Gasteiger partial charge in [-0.1, -0.05) is 0 Å². The van der Waals surface area contributed by atoms with Crippen LogP contribution in [0.1, 0.15) is 23.2 Å². The summed E-state index contributed by atoms with van der Waals surface area (Å²) in [6, 6.07) is 3.18. The average Bonchev–Trinajstić information content (AvgIpc) is 3.02. The highest BCUT2D eigenvalue weighted by molar-refractivity contribution is 7.00. The number of unbranched alkanes of at least 4 members (excludes halogenated alkanes) is 1. The fourth-order valence-electron chi connectivity index (χ4n) is 2.54. The quantitative estimate of drug-likeness (QED) is 0.772. The van der Waals surface area contributed by atoms with Gasteiger partial charge in [0, 0.05) is 19.2 Å². The number of hydrogen-bond acceptors (Lipinski definition) is 7. The van der Waals surface area contributed by atoms with E-state index in [1.807, 2.05) is 0 Å². The lowest BCUT2D eigenvalue weighted by Crippen LogP contribution is -2.36. The first kappa shape index (κ1) is 16.1. The van der Waals surface area contributed by atoms with Gasteiger partial charge in [-0.3, -0.25) is 4.90 Å². The van der Waals surface area contributed by atoms with Crippen LogP contribution < -0.4 is 4.74 Å². The molecule has 2 heterocycles. The third kappa shape index (κ3) is 4.15. The smallest absolute Gasteiger partial charge is 0.339 e. The Balaban J connectivity index is 1.51. The van der Waals surface area contributed by atoms with Crippen molar-refractivity contribution < 1.29 is 19.4 Å². The van der Waals surface area contributed by atoms with E-state index < -0.39 is 5.97 Å². The second-order valence-electron chi connectivity index (χ2n) is 5.42. The van der Waals surface area contributed by atoms with Gasteiger partial charge in [0.15, 0.2) is 0 Å². The van der Waals surface area contributed by atoms with Crippen molar-refractivity contribution in [2.24, 2.45) is 0 Å². The van der Waals surface area contributed by atoms with Gasteiger partial charge in [-0.05, 0) is 25.5 Å². The normalized spacial score (nSPS) is 15.8. The average molecular weight is 337 g/mol. The Kier molecular flexibility index (Phi) is 5.37. The zero-order chi connectivity index (χ0) is 16.1. The van der Waals surface area contributed by atoms with E-state index in [2.05, 4.69) is 13.6 Å². The highest BCUT2D eigenvalue weighted by atomic mass is 32.1. The largest absolute Gasteiger partial charge is 0.493 e. The van der Waals surface area contributed by atoms with Gasteiger partial charge in [-0.2, -0.15) is 8.75 Å². The van der Waals surface area contributed by atoms with E-state index in [0.717, 1.165) is 57.4 Å². The Labute approximate surface area is 138 Å². The van der Waals surface area contributed by atoms with Gasteiger partial charge < -0.3 is 14.6 Å². The van der Waals surface area contributed by atoms with E-state index in [-0.39, 0.29) is 5.56 Å². The number of nitrogens with zero attached hydrogens (tertiary/aromatic N) is 3. The minimum Gasteiger partial charge on any atom is -0.493 e. The molecule has 0 radical (unpaired) electrons. The topological polar surface area (TPSA) is 84.8 Å². The van der Waals surface area contributed by atoms with Gasteiger partial charge in [0.1, 0.15) is 22.3 Å². The van der Waals surface area contributed by atoms with Crippen molar-refractivity contribution in [2.75, 3.05) is 39.5 Å². The first-order valence-corrected chi connectivity index (χ1v) is 8.39. The predicted molar refractivity (Wildman–Crippen MR) is 86.4 cm³/mol. The van der Waals surface area contributed by atoms with Crippen LogP contribution >= 0.6 is 11.7 Å². The Hall–Kier alpha value is -1.77. The molecule has 0 aliphatic carbocycles. The number of ether oxygens (including phenoxy) is 2. The molecule has 0 amide bonds. The van der Waals surface area contributed by atoms with Crippen molar-refractivity contribution in [3.05, 3.63) is 17.7 Å². The molecule has 3 rings (SSSR count). The number of fused-ring (bicyclic) bond motifs is 1. The van der Waals surface area contributed by atoms with Crippen LogP contribution in [-0.4, -0.2) is 64.2 Å². The van der Waals surface area contributed by atoms with E-state index >= 15 is 0 Å². The Morgan fingerprint density at radius 3 is 2.74 bits per heavy atom. The summed E-state index contributed by atoms with van der Waals surface area (Å²) in [5.74, 6) is -0.646. The zero-order valence-electron chi connectivity index (χ0n) is 12.7. The zero-order valence-corrected chi connectivity index (χ0v) is 13.5. The van der Waals surface area contributed by atoms with Crippen LogP contribution in [-0.2, 0) is 4.74 Å². The van der Waals surface area contributed by atoms with Gasteiger partial charge in [0.05, 0.1) is 31.5 Å². The standard InChI is InChI=1S/C15H19N3O4S/c19-15(20)11-9-12-13(17-23-16-12)10-14(11)22-6-2-1-3-18-4-7-21-8-5-18/h9-10H,1-8H2,(H,19,20). The van der Waals surface area contributed by atoms with Gasteiger partial charge in [0.25, 0.3) is 0 Å². The molecule has 7 nitrogen and oxygen atoms in total. The second kappa shape index (κ2) is 7.67. The van der Waals surface area contributed by atoms with Gasteiger partial charge >= 0.3 is 5.97 Å². The number of morpholine rings is 1. The Morgan fingerprint density at radius 2 is 2.00 bits per heavy atom. The first-order chi connectivity index (χ1) is 11.2. The van der Waals surface area contributed by atoms with Crippen molar-refractivity contribution in [3.8, 4) is 5.75 Å². The molecule has 0 unspecified atom stereocenters. The van der Waals surface area contributed by atoms with Crippen LogP contribution in [0.5, 0.6) is 5.75 Å². The number of aromatic carboxylic acids is 1. The molecule has 2 aromatic rings. The fraction of sp³-hybridized carbons (Fsp3) is 0.533. The third-order valence-electron chi connectivity index (χ3n) is 3.82. The van der Waals surface area contributed by atoms with Crippen LogP contribution in [0.3, 0.4) is 0 Å². The molecule has 1 N–H and O–H groups in total. The molecule has 1 aromatic heterocycles. The minimum absolute atomic E-state index is 0.137. The maximum Gasteiger partial charge on any atom is 0.339 e. The molecule has 0 spiro atoms. The fourth-order valence-corrected chi connectivity index (χ4v) is 3.05. The summed E-state index contributed by atoms with van der Waals surface area (Å²) in [5, 5.41) is 9.29. The van der Waals surface area contributed by atoms with E-state index in [0.29, 0.717) is 23.4 Å². The minimum atomic E-state index is -1.01. The van der Waals surface area contributed by atoms with Crippen LogP contribution in [0, 0.1) is 0 Å². The van der Waals surface area contributed by atoms with Crippen LogP contribution in [0.4, 0.5) is 0 Å². The summed E-state index contributed by atoms with van der Waals surface area (Å²) >= 11 is 1.07. The first-order valence-electron chi connectivity index (χ1n) is 7.66. The highest BCUT2D eigenvalue weighted by Crippen LogP contribution is 2.25. The molecule has 1 aromatic carbocycles. The summed E-state index contributed by atoms with van der Waals surface area (Å²) in [4.78, 5) is 13.7. The Bertz CT molecular complexity index is 670. The number of carboxylic acids is 1. The van der Waals surface area contributed by atoms with Gasteiger partial charge in [0.2, 0.25) is 0 Å². The molecule has 1 fully saturated rings. The Morgan fingerprint density at radius 1 is 1.26 bits per heavy atom. The monoisotopic (exact) mass is 337 g/mol. The van der Waals surface area contributed by atoms with Crippen LogP contribution in [0.25, 0.3) is 11.0 Å². The molecule has 0 saturated carbocycles. The van der Waals surface area contributed by atoms with Crippen molar-refractivity contribution in [1.82, 2.24) is 13.6 Å². The van der Waals surface area contributed by atoms with Crippen molar-refractivity contribution >= 4 is 28.7 Å². The number of aromatic nitrogens is 2. The third-order valence-corrected chi connectivity index (χ3v) is 4.37. The number of hydrogen-bond donors (Lipinski definition) is 1. The van der Waals surface area contributed by atoms with Crippen molar-refractivity contribution in [3.63, 3.8) is 0 Å². The summed E-state index contributed by atoms with van der Waals surface area (Å²) < 4.78 is 19.2. The molecule has 0 bridgehead atoms. The van der Waals surface area contributed by atoms with Crippen LogP contribution in [0.15, 0.2) is 12.1 Å². The summed E-state index contributed by atoms with van der Waals surface area (Å²) in [6.45, 7) is 5.09. The van der Waals surface area contributed by atoms with Gasteiger partial charge in [-0.15, -0.1) is 0 Å². The molecule has 8 heteroatoms. The number of benzene rings is 1. The molecule has 1 aliphatic heterocycles. The van der Waals surface area contributed by atoms with E-state index in [1.165, 1.54) is 6.07 Å². The predicted octanol–water partition coefficient (Wildman–Crippen LogP) is 1.88. The molecule has 124 valence electrons. The lowest BCUT2D eigenvalue weighted by Gasteiger charge is -2.26. The number of carbonyl (C=O) groups is 1. The lowest BCUT2D eigenvalue weighted by molar-refractivity contribution is 0.0368. The second-order valence-corrected chi connectivity index (χ2v) is 5.94.